The highest BCUT2D eigenvalue weighted by Gasteiger charge is 2.15. The van der Waals surface area contributed by atoms with Gasteiger partial charge in [-0.15, -0.1) is 0 Å². The number of aryl methyl sites for hydroxylation is 2. The van der Waals surface area contributed by atoms with Crippen LogP contribution in [0.15, 0.2) is 6.07 Å². The molecule has 0 unspecified atom stereocenters. The SMILES string of the molecule is N#Cc1cc2c(nc1NCCCN1CCCC1)CCCC2. The number of nitrogens with zero attached hydrogens (tertiary/aromatic N) is 3. The molecule has 0 amide bonds. The average molecular weight is 284 g/mol. The molecule has 1 N–H and O–H groups in total. The van der Waals surface area contributed by atoms with E-state index in [4.69, 9.17) is 4.98 Å². The normalized spacial score (nSPS) is 18.2. The molecule has 0 radical (unpaired) electrons. The highest BCUT2D eigenvalue weighted by molar-refractivity contribution is 5.54. The van der Waals surface area contributed by atoms with E-state index in [-0.39, 0.29) is 0 Å². The van der Waals surface area contributed by atoms with Gasteiger partial charge in [-0.25, -0.2) is 4.98 Å². The minimum atomic E-state index is 0.705. The van der Waals surface area contributed by atoms with Crippen LogP contribution in [0.5, 0.6) is 0 Å². The predicted molar refractivity (Wildman–Crippen MR) is 84.4 cm³/mol. The molecule has 0 atom stereocenters. The number of likely N-dealkylation sites (tertiary alicyclic amines) is 1. The summed E-state index contributed by atoms with van der Waals surface area (Å²) >= 11 is 0. The van der Waals surface area contributed by atoms with E-state index in [1.807, 2.05) is 6.07 Å². The monoisotopic (exact) mass is 284 g/mol. The van der Waals surface area contributed by atoms with Crippen molar-refractivity contribution in [1.29, 1.82) is 5.26 Å². The lowest BCUT2D eigenvalue weighted by Gasteiger charge is -2.18. The van der Waals surface area contributed by atoms with E-state index in [9.17, 15) is 5.26 Å². The van der Waals surface area contributed by atoms with Crippen LogP contribution in [-0.2, 0) is 12.8 Å². The van der Waals surface area contributed by atoms with Gasteiger partial charge in [-0.3, -0.25) is 0 Å². The van der Waals surface area contributed by atoms with Crippen LogP contribution in [0, 0.1) is 11.3 Å². The highest BCUT2D eigenvalue weighted by Crippen LogP contribution is 2.24. The molecule has 1 aliphatic carbocycles. The molecule has 1 aromatic rings. The van der Waals surface area contributed by atoms with E-state index in [0.29, 0.717) is 5.56 Å². The fraction of sp³-hybridized carbons (Fsp3) is 0.647. The zero-order chi connectivity index (χ0) is 14.5. The van der Waals surface area contributed by atoms with Crippen LogP contribution < -0.4 is 5.32 Å². The summed E-state index contributed by atoms with van der Waals surface area (Å²) in [6.45, 7) is 4.55. The molecule has 4 heteroatoms. The summed E-state index contributed by atoms with van der Waals surface area (Å²) in [5, 5.41) is 12.7. The maximum absolute atomic E-state index is 9.31. The number of hydrogen-bond donors (Lipinski definition) is 1. The van der Waals surface area contributed by atoms with E-state index in [1.54, 1.807) is 0 Å². The summed E-state index contributed by atoms with van der Waals surface area (Å²) in [4.78, 5) is 7.23. The van der Waals surface area contributed by atoms with Crippen molar-refractivity contribution in [2.75, 3.05) is 31.5 Å². The fourth-order valence-electron chi connectivity index (χ4n) is 3.37. The van der Waals surface area contributed by atoms with E-state index in [2.05, 4.69) is 16.3 Å². The lowest BCUT2D eigenvalue weighted by Crippen LogP contribution is -2.22. The third kappa shape index (κ3) is 3.54. The first kappa shape index (κ1) is 14.3. The van der Waals surface area contributed by atoms with Crippen LogP contribution in [0.3, 0.4) is 0 Å². The molecule has 112 valence electrons. The highest BCUT2D eigenvalue weighted by atomic mass is 15.1. The van der Waals surface area contributed by atoms with Crippen molar-refractivity contribution < 1.29 is 0 Å². The molecule has 21 heavy (non-hydrogen) atoms. The Kier molecular flexibility index (Phi) is 4.72. The summed E-state index contributed by atoms with van der Waals surface area (Å²) < 4.78 is 0. The van der Waals surface area contributed by atoms with Crippen LogP contribution in [0.2, 0.25) is 0 Å². The topological polar surface area (TPSA) is 52.0 Å². The van der Waals surface area contributed by atoms with Crippen molar-refractivity contribution in [3.05, 3.63) is 22.9 Å². The van der Waals surface area contributed by atoms with Gasteiger partial charge < -0.3 is 10.2 Å². The van der Waals surface area contributed by atoms with Gasteiger partial charge in [-0.2, -0.15) is 5.26 Å². The zero-order valence-corrected chi connectivity index (χ0v) is 12.7. The van der Waals surface area contributed by atoms with E-state index in [1.165, 1.54) is 50.0 Å². The minimum absolute atomic E-state index is 0.705. The van der Waals surface area contributed by atoms with Gasteiger partial charge >= 0.3 is 0 Å². The Bertz CT molecular complexity index is 526. The molecule has 4 nitrogen and oxygen atoms in total. The fourth-order valence-corrected chi connectivity index (χ4v) is 3.37. The first-order valence-electron chi connectivity index (χ1n) is 8.26. The van der Waals surface area contributed by atoms with Gasteiger partial charge in [-0.1, -0.05) is 0 Å². The summed E-state index contributed by atoms with van der Waals surface area (Å²) in [7, 11) is 0. The number of aromatic nitrogens is 1. The third-order valence-corrected chi connectivity index (χ3v) is 4.56. The van der Waals surface area contributed by atoms with E-state index >= 15 is 0 Å². The number of fused-ring (bicyclic) bond motifs is 1. The maximum atomic E-state index is 9.31. The van der Waals surface area contributed by atoms with Crippen molar-refractivity contribution in [2.45, 2.75) is 44.9 Å². The number of nitrogens with one attached hydrogen (secondary N) is 1. The van der Waals surface area contributed by atoms with Crippen LogP contribution in [0.25, 0.3) is 0 Å². The van der Waals surface area contributed by atoms with Crippen molar-refractivity contribution >= 4 is 5.82 Å². The summed E-state index contributed by atoms with van der Waals surface area (Å²) in [6, 6.07) is 4.34. The van der Waals surface area contributed by atoms with Crippen molar-refractivity contribution in [3.8, 4) is 6.07 Å². The molecule has 0 bridgehead atoms. The lowest BCUT2D eigenvalue weighted by atomic mass is 9.95. The Morgan fingerprint density at radius 1 is 1.19 bits per heavy atom. The molecular weight excluding hydrogens is 260 g/mol. The van der Waals surface area contributed by atoms with Gasteiger partial charge in [0.1, 0.15) is 11.9 Å². The molecular formula is C17H24N4. The Morgan fingerprint density at radius 2 is 2.00 bits per heavy atom. The van der Waals surface area contributed by atoms with Crippen LogP contribution >= 0.6 is 0 Å². The molecule has 3 rings (SSSR count). The molecule has 0 saturated carbocycles. The van der Waals surface area contributed by atoms with Crippen molar-refractivity contribution in [3.63, 3.8) is 0 Å². The molecule has 2 heterocycles. The predicted octanol–water partition coefficient (Wildman–Crippen LogP) is 2.73. The van der Waals surface area contributed by atoms with Gasteiger partial charge in [0.25, 0.3) is 0 Å². The molecule has 1 aliphatic heterocycles. The Hall–Kier alpha value is -1.60. The van der Waals surface area contributed by atoms with Gasteiger partial charge in [0.15, 0.2) is 0 Å². The number of pyridine rings is 1. The van der Waals surface area contributed by atoms with Gasteiger partial charge in [0.05, 0.1) is 5.56 Å². The molecule has 1 fully saturated rings. The molecule has 1 saturated heterocycles. The second-order valence-corrected chi connectivity index (χ2v) is 6.14. The third-order valence-electron chi connectivity index (χ3n) is 4.56. The second-order valence-electron chi connectivity index (χ2n) is 6.14. The summed E-state index contributed by atoms with van der Waals surface area (Å²) in [5.41, 5.74) is 3.18. The Morgan fingerprint density at radius 3 is 2.81 bits per heavy atom. The lowest BCUT2D eigenvalue weighted by molar-refractivity contribution is 0.337. The first-order valence-corrected chi connectivity index (χ1v) is 8.26. The van der Waals surface area contributed by atoms with Gasteiger partial charge in [0, 0.05) is 12.2 Å². The summed E-state index contributed by atoms with van der Waals surface area (Å²) in [5.74, 6) is 0.791. The molecule has 2 aliphatic rings. The maximum Gasteiger partial charge on any atom is 0.144 e. The number of rotatable bonds is 5. The van der Waals surface area contributed by atoms with Crippen molar-refractivity contribution in [2.24, 2.45) is 0 Å². The largest absolute Gasteiger partial charge is 0.369 e. The number of hydrogen-bond acceptors (Lipinski definition) is 4. The van der Waals surface area contributed by atoms with Crippen LogP contribution in [0.4, 0.5) is 5.82 Å². The average Bonchev–Trinajstić information content (AvgIpc) is 3.04. The molecule has 0 spiro atoms. The summed E-state index contributed by atoms with van der Waals surface area (Å²) in [6.07, 6.45) is 8.39. The van der Waals surface area contributed by atoms with E-state index < -0.39 is 0 Å². The van der Waals surface area contributed by atoms with Gasteiger partial charge in [0.2, 0.25) is 0 Å². The van der Waals surface area contributed by atoms with Crippen LogP contribution in [-0.4, -0.2) is 36.1 Å². The first-order chi connectivity index (χ1) is 10.4. The number of anilines is 1. The molecule has 0 aromatic carbocycles. The molecule has 1 aromatic heterocycles. The van der Waals surface area contributed by atoms with Crippen LogP contribution in [0.1, 0.15) is 48.9 Å². The Labute approximate surface area is 127 Å². The minimum Gasteiger partial charge on any atom is -0.369 e. The smallest absolute Gasteiger partial charge is 0.144 e. The zero-order valence-electron chi connectivity index (χ0n) is 12.7. The van der Waals surface area contributed by atoms with Gasteiger partial charge in [-0.05, 0) is 76.2 Å². The van der Waals surface area contributed by atoms with Crippen molar-refractivity contribution in [1.82, 2.24) is 9.88 Å². The Balaban J connectivity index is 1.57. The quantitative estimate of drug-likeness (QED) is 0.845. The number of nitriles is 1. The van der Waals surface area contributed by atoms with E-state index in [0.717, 1.165) is 38.2 Å². The standard InChI is InChI=1S/C17H24N4/c18-13-15-12-14-6-1-2-7-16(14)20-17(15)19-8-5-11-21-9-3-4-10-21/h12H,1-11H2,(H,19,20). The second kappa shape index (κ2) is 6.91.